The van der Waals surface area contributed by atoms with Gasteiger partial charge >= 0.3 is 0 Å². The van der Waals surface area contributed by atoms with E-state index in [0.29, 0.717) is 10.6 Å². The molecule has 0 unspecified atom stereocenters. The maximum atomic E-state index is 13.0. The molecule has 3 aromatic rings. The smallest absolute Gasteiger partial charge is 0.279 e. The van der Waals surface area contributed by atoms with Crippen molar-refractivity contribution in [1.29, 1.82) is 0 Å². The number of ether oxygens (including phenoxy) is 1. The number of hydrazine groups is 1. The summed E-state index contributed by atoms with van der Waals surface area (Å²) in [6.45, 7) is 0.181. The minimum atomic E-state index is -0.506. The van der Waals surface area contributed by atoms with Gasteiger partial charge < -0.3 is 4.74 Å². The predicted molar refractivity (Wildman–Crippen MR) is 104 cm³/mol. The zero-order valence-corrected chi connectivity index (χ0v) is 16.3. The van der Waals surface area contributed by atoms with Crippen molar-refractivity contribution in [2.75, 3.05) is 0 Å². The molecule has 1 aromatic heterocycles. The highest BCUT2D eigenvalue weighted by Crippen LogP contribution is 2.22. The molecule has 0 saturated carbocycles. The molecule has 0 bridgehead atoms. The van der Waals surface area contributed by atoms with Crippen LogP contribution >= 0.6 is 27.3 Å². The molecule has 0 aliphatic rings. The Morgan fingerprint density at radius 1 is 0.963 bits per heavy atom. The number of carbonyl (C=O) groups excluding carboxylic acids is 2. The Morgan fingerprint density at radius 2 is 1.67 bits per heavy atom. The molecule has 0 aliphatic carbocycles. The second-order valence-corrected chi connectivity index (χ2v) is 7.89. The van der Waals surface area contributed by atoms with Gasteiger partial charge in [-0.3, -0.25) is 20.4 Å². The number of para-hydroxylation sites is 1. The van der Waals surface area contributed by atoms with Crippen LogP contribution in [-0.2, 0) is 6.61 Å². The first kappa shape index (κ1) is 19.1. The third-order valence-electron chi connectivity index (χ3n) is 3.53. The van der Waals surface area contributed by atoms with Crippen LogP contribution in [0.5, 0.6) is 5.75 Å². The van der Waals surface area contributed by atoms with Crippen molar-refractivity contribution in [3.63, 3.8) is 0 Å². The van der Waals surface area contributed by atoms with Gasteiger partial charge in [0.2, 0.25) is 0 Å². The topological polar surface area (TPSA) is 67.4 Å². The molecule has 0 radical (unpaired) electrons. The Labute approximate surface area is 167 Å². The van der Waals surface area contributed by atoms with E-state index in [4.69, 9.17) is 4.74 Å². The van der Waals surface area contributed by atoms with Crippen molar-refractivity contribution in [3.8, 4) is 5.75 Å². The molecule has 8 heteroatoms. The first-order valence-corrected chi connectivity index (χ1v) is 9.46. The summed E-state index contributed by atoms with van der Waals surface area (Å²) in [5.41, 5.74) is 5.78. The lowest BCUT2D eigenvalue weighted by Crippen LogP contribution is -2.41. The average Bonchev–Trinajstić information content (AvgIpc) is 3.12. The molecular formula is C19H14BrFN2O3S. The zero-order valence-electron chi connectivity index (χ0n) is 13.9. The number of hydrogen-bond donors (Lipinski definition) is 2. The second-order valence-electron chi connectivity index (χ2n) is 5.42. The highest BCUT2D eigenvalue weighted by atomic mass is 79.9. The van der Waals surface area contributed by atoms with Gasteiger partial charge in [-0.1, -0.05) is 24.3 Å². The first-order chi connectivity index (χ1) is 13.0. The lowest BCUT2D eigenvalue weighted by Gasteiger charge is -2.12. The Bertz CT molecular complexity index is 960. The molecule has 5 nitrogen and oxygen atoms in total. The summed E-state index contributed by atoms with van der Waals surface area (Å²) in [7, 11) is 0. The van der Waals surface area contributed by atoms with Gasteiger partial charge in [0, 0.05) is 0 Å². The van der Waals surface area contributed by atoms with Gasteiger partial charge in [0.1, 0.15) is 18.2 Å². The fourth-order valence-electron chi connectivity index (χ4n) is 2.20. The third kappa shape index (κ3) is 5.15. The van der Waals surface area contributed by atoms with Crippen molar-refractivity contribution in [1.82, 2.24) is 10.9 Å². The number of carbonyl (C=O) groups is 2. The van der Waals surface area contributed by atoms with Gasteiger partial charge in [0.05, 0.1) is 14.2 Å². The van der Waals surface area contributed by atoms with Gasteiger partial charge in [0.25, 0.3) is 11.8 Å². The third-order valence-corrected chi connectivity index (χ3v) is 5.15. The SMILES string of the molecule is O=C(NNC(=O)c1ccccc1OCc1ccc(F)cc1)c1ccc(Br)s1. The maximum Gasteiger partial charge on any atom is 0.279 e. The van der Waals surface area contributed by atoms with E-state index in [0.717, 1.165) is 9.35 Å². The van der Waals surface area contributed by atoms with Gasteiger partial charge in [-0.25, -0.2) is 4.39 Å². The van der Waals surface area contributed by atoms with Crippen molar-refractivity contribution in [2.24, 2.45) is 0 Å². The molecule has 2 amide bonds. The van der Waals surface area contributed by atoms with Gasteiger partial charge in [-0.15, -0.1) is 11.3 Å². The van der Waals surface area contributed by atoms with E-state index in [-0.39, 0.29) is 18.0 Å². The highest BCUT2D eigenvalue weighted by Gasteiger charge is 2.14. The lowest BCUT2D eigenvalue weighted by molar-refractivity contribution is 0.0846. The summed E-state index contributed by atoms with van der Waals surface area (Å²) in [6, 6.07) is 16.0. The summed E-state index contributed by atoms with van der Waals surface area (Å²) >= 11 is 4.54. The summed E-state index contributed by atoms with van der Waals surface area (Å²) in [4.78, 5) is 24.9. The van der Waals surface area contributed by atoms with Crippen LogP contribution in [0.15, 0.2) is 64.5 Å². The molecule has 3 rings (SSSR count). The quantitative estimate of drug-likeness (QED) is 0.571. The van der Waals surface area contributed by atoms with Gasteiger partial charge in [-0.05, 0) is 57.9 Å². The Kier molecular flexibility index (Phi) is 6.20. The maximum absolute atomic E-state index is 13.0. The summed E-state index contributed by atoms with van der Waals surface area (Å²) in [6.07, 6.45) is 0. The number of amides is 2. The van der Waals surface area contributed by atoms with Crippen LogP contribution < -0.4 is 15.6 Å². The standard InChI is InChI=1S/C19H14BrFN2O3S/c20-17-10-9-16(27-17)19(25)23-22-18(24)14-3-1-2-4-15(14)26-11-12-5-7-13(21)8-6-12/h1-10H,11H2,(H,22,24)(H,23,25). The van der Waals surface area contributed by atoms with E-state index in [1.807, 2.05) is 0 Å². The summed E-state index contributed by atoms with van der Waals surface area (Å²) in [5.74, 6) is -0.892. The number of thiophene rings is 1. The van der Waals surface area contributed by atoms with Crippen LogP contribution in [0.3, 0.4) is 0 Å². The fourth-order valence-corrected chi connectivity index (χ4v) is 3.48. The van der Waals surface area contributed by atoms with Crippen molar-refractivity contribution in [3.05, 3.63) is 86.3 Å². The zero-order chi connectivity index (χ0) is 19.2. The molecule has 0 spiro atoms. The summed E-state index contributed by atoms with van der Waals surface area (Å²) in [5, 5.41) is 0. The second kappa shape index (κ2) is 8.79. The van der Waals surface area contributed by atoms with E-state index >= 15 is 0 Å². The van der Waals surface area contributed by atoms with Crippen LogP contribution in [0.1, 0.15) is 25.6 Å². The first-order valence-electron chi connectivity index (χ1n) is 7.85. The van der Waals surface area contributed by atoms with E-state index in [1.165, 1.54) is 23.5 Å². The Hall–Kier alpha value is -2.71. The molecule has 2 aromatic carbocycles. The number of nitrogens with one attached hydrogen (secondary N) is 2. The van der Waals surface area contributed by atoms with E-state index in [9.17, 15) is 14.0 Å². The number of rotatable bonds is 5. The molecule has 0 saturated heterocycles. The van der Waals surface area contributed by atoms with Crippen LogP contribution in [0, 0.1) is 5.82 Å². The molecule has 27 heavy (non-hydrogen) atoms. The van der Waals surface area contributed by atoms with Crippen LogP contribution in [0.4, 0.5) is 4.39 Å². The molecule has 0 fully saturated rings. The number of benzene rings is 2. The average molecular weight is 449 g/mol. The minimum Gasteiger partial charge on any atom is -0.488 e. The number of hydrogen-bond acceptors (Lipinski definition) is 4. The Morgan fingerprint density at radius 3 is 2.37 bits per heavy atom. The minimum absolute atomic E-state index is 0.181. The van der Waals surface area contributed by atoms with Crippen molar-refractivity contribution < 1.29 is 18.7 Å². The van der Waals surface area contributed by atoms with Crippen LogP contribution in [0.2, 0.25) is 0 Å². The Balaban J connectivity index is 1.62. The van der Waals surface area contributed by atoms with Crippen LogP contribution in [-0.4, -0.2) is 11.8 Å². The molecular weight excluding hydrogens is 435 g/mol. The van der Waals surface area contributed by atoms with E-state index in [1.54, 1.807) is 48.5 Å². The lowest BCUT2D eigenvalue weighted by atomic mass is 10.2. The van der Waals surface area contributed by atoms with E-state index in [2.05, 4.69) is 26.8 Å². The normalized spacial score (nSPS) is 10.3. The molecule has 138 valence electrons. The fraction of sp³-hybridized carbons (Fsp3) is 0.0526. The molecule has 1 heterocycles. The predicted octanol–water partition coefficient (Wildman–Crippen LogP) is 4.30. The molecule has 0 aliphatic heterocycles. The largest absolute Gasteiger partial charge is 0.488 e. The molecule has 2 N–H and O–H groups in total. The van der Waals surface area contributed by atoms with Crippen molar-refractivity contribution >= 4 is 39.1 Å². The highest BCUT2D eigenvalue weighted by molar-refractivity contribution is 9.11. The van der Waals surface area contributed by atoms with E-state index < -0.39 is 11.8 Å². The van der Waals surface area contributed by atoms with Gasteiger partial charge in [-0.2, -0.15) is 0 Å². The van der Waals surface area contributed by atoms with Crippen LogP contribution in [0.25, 0.3) is 0 Å². The monoisotopic (exact) mass is 448 g/mol. The molecule has 0 atom stereocenters. The number of halogens is 2. The van der Waals surface area contributed by atoms with Gasteiger partial charge in [0.15, 0.2) is 0 Å². The van der Waals surface area contributed by atoms with Crippen molar-refractivity contribution in [2.45, 2.75) is 6.61 Å². The summed E-state index contributed by atoms with van der Waals surface area (Å²) < 4.78 is 19.5.